The quantitative estimate of drug-likeness (QED) is 0.876. The molecule has 1 unspecified atom stereocenters. The third-order valence-corrected chi connectivity index (χ3v) is 6.85. The molecule has 0 saturated carbocycles. The lowest BCUT2D eigenvalue weighted by molar-refractivity contribution is -0.137. The number of hydrogen-bond donors (Lipinski definition) is 1. The number of carbonyl (C=O) groups is 2. The molecule has 6 heteroatoms. The van der Waals surface area contributed by atoms with E-state index in [1.165, 1.54) is 11.1 Å². The Labute approximate surface area is 158 Å². The highest BCUT2D eigenvalue weighted by Crippen LogP contribution is 2.32. The number of nitriles is 1. The number of thioether (sulfide) groups is 1. The first-order valence-electron chi connectivity index (χ1n) is 9.28. The molecule has 2 heterocycles. The molecule has 26 heavy (non-hydrogen) atoms. The molecule has 2 fully saturated rings. The van der Waals surface area contributed by atoms with Crippen molar-refractivity contribution >= 4 is 23.5 Å². The Kier molecular flexibility index (Phi) is 5.01. The van der Waals surface area contributed by atoms with Gasteiger partial charge in [0, 0.05) is 18.1 Å². The standard InChI is InChI=1S/C20H23N3O2S/c21-10-16-11-26-12-23(16)20(25)19-17(5-6-22-19)18(24)9-13-7-14-3-1-2-4-15(14)8-13/h1-4,13,16-17,19,22H,5-9,11-12H2/t16-,17?,19-/m1/s1. The highest BCUT2D eigenvalue weighted by molar-refractivity contribution is 7.99. The number of ketones is 1. The zero-order chi connectivity index (χ0) is 18.1. The van der Waals surface area contributed by atoms with Crippen LogP contribution in [0, 0.1) is 23.2 Å². The van der Waals surface area contributed by atoms with Crippen molar-refractivity contribution in [2.24, 2.45) is 11.8 Å². The Hall–Kier alpha value is -1.84. The van der Waals surface area contributed by atoms with Gasteiger partial charge in [0.25, 0.3) is 0 Å². The fourth-order valence-corrected chi connectivity index (χ4v) is 5.57. The maximum absolute atomic E-state index is 13.0. The molecular weight excluding hydrogens is 346 g/mol. The van der Waals surface area contributed by atoms with Gasteiger partial charge < -0.3 is 10.2 Å². The second-order valence-electron chi connectivity index (χ2n) is 7.49. The Morgan fingerprint density at radius 1 is 1.27 bits per heavy atom. The lowest BCUT2D eigenvalue weighted by atomic mass is 9.87. The van der Waals surface area contributed by atoms with Crippen molar-refractivity contribution in [3.8, 4) is 6.07 Å². The molecule has 3 atom stereocenters. The zero-order valence-corrected chi connectivity index (χ0v) is 15.5. The molecule has 0 aromatic heterocycles. The summed E-state index contributed by atoms with van der Waals surface area (Å²) in [6.45, 7) is 0.690. The van der Waals surface area contributed by atoms with Crippen molar-refractivity contribution in [3.63, 3.8) is 0 Å². The van der Waals surface area contributed by atoms with Crippen LogP contribution in [0.2, 0.25) is 0 Å². The van der Waals surface area contributed by atoms with Crippen LogP contribution >= 0.6 is 11.8 Å². The second-order valence-corrected chi connectivity index (χ2v) is 8.49. The lowest BCUT2D eigenvalue weighted by Crippen LogP contribution is -2.49. The van der Waals surface area contributed by atoms with Crippen molar-refractivity contribution in [2.45, 2.75) is 37.8 Å². The average molecular weight is 369 g/mol. The fourth-order valence-electron chi connectivity index (χ4n) is 4.49. The van der Waals surface area contributed by atoms with Crippen molar-refractivity contribution in [2.75, 3.05) is 18.2 Å². The van der Waals surface area contributed by atoms with Gasteiger partial charge in [-0.05, 0) is 42.9 Å². The predicted octanol–water partition coefficient (Wildman–Crippen LogP) is 1.76. The van der Waals surface area contributed by atoms with Crippen LogP contribution in [0.5, 0.6) is 0 Å². The zero-order valence-electron chi connectivity index (χ0n) is 14.7. The molecule has 5 nitrogen and oxygen atoms in total. The Bertz CT molecular complexity index is 735. The van der Waals surface area contributed by atoms with Crippen LogP contribution in [-0.2, 0) is 22.4 Å². The molecule has 2 aliphatic heterocycles. The van der Waals surface area contributed by atoms with E-state index < -0.39 is 6.04 Å². The van der Waals surface area contributed by atoms with Crippen molar-refractivity contribution in [1.29, 1.82) is 5.26 Å². The minimum Gasteiger partial charge on any atom is -0.315 e. The van der Waals surface area contributed by atoms with E-state index in [0.717, 1.165) is 12.8 Å². The molecule has 1 N–H and O–H groups in total. The summed E-state index contributed by atoms with van der Waals surface area (Å²) in [6.07, 6.45) is 3.17. The van der Waals surface area contributed by atoms with Gasteiger partial charge >= 0.3 is 0 Å². The van der Waals surface area contributed by atoms with E-state index in [4.69, 9.17) is 0 Å². The van der Waals surface area contributed by atoms with Crippen LogP contribution in [0.3, 0.4) is 0 Å². The lowest BCUT2D eigenvalue weighted by Gasteiger charge is -2.26. The summed E-state index contributed by atoms with van der Waals surface area (Å²) < 4.78 is 0. The molecule has 1 amide bonds. The normalized spacial score (nSPS) is 28.1. The number of Topliss-reactive ketones (excluding diaryl/α,β-unsaturated/α-hetero) is 1. The molecule has 4 rings (SSSR count). The predicted molar refractivity (Wildman–Crippen MR) is 100 cm³/mol. The third kappa shape index (κ3) is 3.26. The first-order valence-corrected chi connectivity index (χ1v) is 10.4. The van der Waals surface area contributed by atoms with E-state index in [0.29, 0.717) is 36.9 Å². The van der Waals surface area contributed by atoms with Crippen LogP contribution in [0.25, 0.3) is 0 Å². The number of hydrogen-bond acceptors (Lipinski definition) is 5. The summed E-state index contributed by atoms with van der Waals surface area (Å²) in [4.78, 5) is 27.5. The van der Waals surface area contributed by atoms with Crippen LogP contribution < -0.4 is 5.32 Å². The van der Waals surface area contributed by atoms with Crippen LogP contribution in [0.4, 0.5) is 0 Å². The molecule has 1 aromatic carbocycles. The van der Waals surface area contributed by atoms with Gasteiger partial charge in [-0.15, -0.1) is 11.8 Å². The summed E-state index contributed by atoms with van der Waals surface area (Å²) in [5.41, 5.74) is 2.71. The number of fused-ring (bicyclic) bond motifs is 1. The number of amides is 1. The monoisotopic (exact) mass is 369 g/mol. The van der Waals surface area contributed by atoms with Gasteiger partial charge in [-0.25, -0.2) is 0 Å². The number of nitrogens with zero attached hydrogens (tertiary/aromatic N) is 2. The van der Waals surface area contributed by atoms with Crippen molar-refractivity contribution < 1.29 is 9.59 Å². The van der Waals surface area contributed by atoms with E-state index >= 15 is 0 Å². The van der Waals surface area contributed by atoms with E-state index in [9.17, 15) is 14.9 Å². The molecule has 0 spiro atoms. The molecule has 3 aliphatic rings. The largest absolute Gasteiger partial charge is 0.315 e. The SMILES string of the molecule is N#C[C@@H]1CSCN1C(=O)[C@@H]1NCCC1C(=O)CC1Cc2ccccc2C1. The van der Waals surface area contributed by atoms with Gasteiger partial charge in [-0.3, -0.25) is 9.59 Å². The van der Waals surface area contributed by atoms with E-state index in [-0.39, 0.29) is 23.7 Å². The summed E-state index contributed by atoms with van der Waals surface area (Å²) in [6, 6.07) is 9.79. The van der Waals surface area contributed by atoms with Gasteiger partial charge in [0.05, 0.1) is 18.0 Å². The molecule has 0 radical (unpaired) electrons. The van der Waals surface area contributed by atoms with E-state index in [1.54, 1.807) is 16.7 Å². The first kappa shape index (κ1) is 17.6. The molecule has 136 valence electrons. The number of benzene rings is 1. The summed E-state index contributed by atoms with van der Waals surface area (Å²) in [7, 11) is 0. The highest BCUT2D eigenvalue weighted by atomic mass is 32.2. The smallest absolute Gasteiger partial charge is 0.242 e. The fraction of sp³-hybridized carbons (Fsp3) is 0.550. The van der Waals surface area contributed by atoms with E-state index in [1.807, 2.05) is 0 Å². The van der Waals surface area contributed by atoms with Gasteiger partial charge in [0.15, 0.2) is 0 Å². The number of nitrogens with one attached hydrogen (secondary N) is 1. The Morgan fingerprint density at radius 2 is 2.00 bits per heavy atom. The minimum absolute atomic E-state index is 0.0768. The first-order chi connectivity index (χ1) is 12.7. The molecule has 1 aromatic rings. The van der Waals surface area contributed by atoms with Crippen LogP contribution in [0.1, 0.15) is 24.0 Å². The van der Waals surface area contributed by atoms with Crippen LogP contribution in [0.15, 0.2) is 24.3 Å². The maximum atomic E-state index is 13.0. The Morgan fingerprint density at radius 3 is 2.69 bits per heavy atom. The summed E-state index contributed by atoms with van der Waals surface area (Å²) >= 11 is 1.60. The van der Waals surface area contributed by atoms with E-state index in [2.05, 4.69) is 35.7 Å². The average Bonchev–Trinajstić information content (AvgIpc) is 3.38. The molecule has 2 saturated heterocycles. The molecule has 0 bridgehead atoms. The third-order valence-electron chi connectivity index (χ3n) is 5.84. The van der Waals surface area contributed by atoms with Crippen molar-refractivity contribution in [1.82, 2.24) is 10.2 Å². The van der Waals surface area contributed by atoms with Crippen molar-refractivity contribution in [3.05, 3.63) is 35.4 Å². The van der Waals surface area contributed by atoms with Gasteiger partial charge in [0.1, 0.15) is 11.8 Å². The summed E-state index contributed by atoms with van der Waals surface area (Å²) in [5, 5.41) is 12.5. The van der Waals surface area contributed by atoms with Gasteiger partial charge in [0.2, 0.25) is 5.91 Å². The van der Waals surface area contributed by atoms with Gasteiger partial charge in [-0.1, -0.05) is 24.3 Å². The number of rotatable bonds is 4. The number of carbonyl (C=O) groups excluding carboxylic acids is 2. The Balaban J connectivity index is 1.40. The molecule has 1 aliphatic carbocycles. The minimum atomic E-state index is -0.458. The second kappa shape index (κ2) is 7.42. The maximum Gasteiger partial charge on any atom is 0.242 e. The molecular formula is C20H23N3O2S. The van der Waals surface area contributed by atoms with Gasteiger partial charge in [-0.2, -0.15) is 5.26 Å². The topological polar surface area (TPSA) is 73.2 Å². The highest BCUT2D eigenvalue weighted by Gasteiger charge is 2.42. The van der Waals surface area contributed by atoms with Crippen LogP contribution in [-0.4, -0.2) is 46.8 Å². The summed E-state index contributed by atoms with van der Waals surface area (Å²) in [5.74, 6) is 1.43.